The van der Waals surface area contributed by atoms with Crippen LogP contribution in [0.1, 0.15) is 29.8 Å². The summed E-state index contributed by atoms with van der Waals surface area (Å²) in [7, 11) is 1.32. The highest BCUT2D eigenvalue weighted by Crippen LogP contribution is 2.12. The average Bonchev–Trinajstić information content (AvgIpc) is 2.31. The number of carboxylic acids is 1. The number of hydrogen-bond donors (Lipinski definition) is 3. The third-order valence-electron chi connectivity index (χ3n) is 1.91. The molecule has 1 aromatic rings. The Morgan fingerprint density at radius 2 is 1.94 bits per heavy atom. The number of nitrogens with one attached hydrogen (secondary N) is 1. The summed E-state index contributed by atoms with van der Waals surface area (Å²) in [5, 5.41) is 17.8. The zero-order valence-corrected chi connectivity index (χ0v) is 9.94. The standard InChI is InChI=1S/C9H11NO4.C2H6/c1-6-3-4-7(10(13)14-2)5-8(6)9(11)12;1-2/h3-5,13H,1-2H3,(H,11,12);1-2H3/p+1. The van der Waals surface area contributed by atoms with Crippen molar-refractivity contribution in [3.8, 4) is 0 Å². The summed E-state index contributed by atoms with van der Waals surface area (Å²) in [5.74, 6) is -1.02. The summed E-state index contributed by atoms with van der Waals surface area (Å²) in [6.07, 6.45) is 0. The second-order valence-electron chi connectivity index (χ2n) is 2.84. The van der Waals surface area contributed by atoms with Crippen molar-refractivity contribution in [2.75, 3.05) is 7.11 Å². The van der Waals surface area contributed by atoms with E-state index in [4.69, 9.17) is 5.11 Å². The molecule has 0 aliphatic rings. The zero-order chi connectivity index (χ0) is 12.7. The lowest BCUT2D eigenvalue weighted by Gasteiger charge is -2.07. The molecule has 0 aliphatic carbocycles. The molecule has 0 fully saturated rings. The molecule has 0 saturated carbocycles. The van der Waals surface area contributed by atoms with Crippen LogP contribution in [-0.4, -0.2) is 23.4 Å². The first-order valence-corrected chi connectivity index (χ1v) is 5.00. The SMILES string of the molecule is CC.CO[NH+](O)c1ccc(C)c(C(=O)O)c1. The van der Waals surface area contributed by atoms with Gasteiger partial charge in [0.1, 0.15) is 7.11 Å². The number of aromatic carboxylic acids is 1. The van der Waals surface area contributed by atoms with Crippen LogP contribution in [-0.2, 0) is 4.84 Å². The van der Waals surface area contributed by atoms with Gasteiger partial charge in [-0.05, 0) is 17.7 Å². The highest BCUT2D eigenvalue weighted by Gasteiger charge is 2.14. The van der Waals surface area contributed by atoms with Crippen LogP contribution < -0.4 is 5.23 Å². The van der Waals surface area contributed by atoms with Crippen LogP contribution in [0, 0.1) is 6.92 Å². The van der Waals surface area contributed by atoms with Crippen LogP contribution in [0.5, 0.6) is 0 Å². The first-order chi connectivity index (χ1) is 7.56. The van der Waals surface area contributed by atoms with Crippen molar-refractivity contribution < 1.29 is 25.2 Å². The molecule has 0 aliphatic heterocycles. The minimum absolute atomic E-state index is 0.158. The Bertz CT molecular complexity index is 352. The summed E-state index contributed by atoms with van der Waals surface area (Å²) >= 11 is 0. The lowest BCUT2D eigenvalue weighted by Crippen LogP contribution is -3.03. The van der Waals surface area contributed by atoms with Crippen molar-refractivity contribution in [1.82, 2.24) is 0 Å². The van der Waals surface area contributed by atoms with Crippen molar-refractivity contribution in [2.24, 2.45) is 0 Å². The quantitative estimate of drug-likeness (QED) is 0.679. The molecule has 16 heavy (non-hydrogen) atoms. The van der Waals surface area contributed by atoms with Crippen molar-refractivity contribution in [3.05, 3.63) is 29.3 Å². The number of carboxylic acid groups (broad SMARTS) is 1. The van der Waals surface area contributed by atoms with Crippen LogP contribution in [0.25, 0.3) is 0 Å². The number of rotatable bonds is 3. The summed E-state index contributed by atoms with van der Waals surface area (Å²) in [6.45, 7) is 5.69. The van der Waals surface area contributed by atoms with Crippen molar-refractivity contribution in [2.45, 2.75) is 20.8 Å². The second-order valence-corrected chi connectivity index (χ2v) is 2.84. The fourth-order valence-corrected chi connectivity index (χ4v) is 1.10. The van der Waals surface area contributed by atoms with Gasteiger partial charge < -0.3 is 5.11 Å². The van der Waals surface area contributed by atoms with Gasteiger partial charge in [-0.2, -0.15) is 10.0 Å². The highest BCUT2D eigenvalue weighted by atomic mass is 16.9. The molecule has 5 nitrogen and oxygen atoms in total. The van der Waals surface area contributed by atoms with E-state index in [1.165, 1.54) is 13.2 Å². The van der Waals surface area contributed by atoms with Crippen molar-refractivity contribution >= 4 is 11.7 Å². The van der Waals surface area contributed by atoms with Gasteiger partial charge in [0.05, 0.1) is 5.56 Å². The molecular formula is C11H18NO4+. The fourth-order valence-electron chi connectivity index (χ4n) is 1.10. The Kier molecular flexibility index (Phi) is 6.32. The number of quaternary nitrogens is 1. The lowest BCUT2D eigenvalue weighted by molar-refractivity contribution is -1.19. The molecule has 0 aromatic heterocycles. The van der Waals surface area contributed by atoms with Crippen molar-refractivity contribution in [1.29, 1.82) is 0 Å². The largest absolute Gasteiger partial charge is 0.478 e. The maximum Gasteiger partial charge on any atom is 0.336 e. The molecule has 0 saturated heterocycles. The molecule has 3 N–H and O–H groups in total. The minimum atomic E-state index is -1.02. The Balaban J connectivity index is 0.00000106. The topological polar surface area (TPSA) is 71.2 Å². The molecule has 0 amide bonds. The maximum atomic E-state index is 10.8. The van der Waals surface area contributed by atoms with Crippen LogP contribution in [0.4, 0.5) is 5.69 Å². The van der Waals surface area contributed by atoms with Gasteiger partial charge in [-0.3, -0.25) is 0 Å². The van der Waals surface area contributed by atoms with E-state index in [0.717, 1.165) is 0 Å². The van der Waals surface area contributed by atoms with E-state index in [1.807, 2.05) is 13.8 Å². The third-order valence-corrected chi connectivity index (χ3v) is 1.91. The Morgan fingerprint density at radius 1 is 1.38 bits per heavy atom. The van der Waals surface area contributed by atoms with E-state index in [0.29, 0.717) is 11.3 Å². The minimum Gasteiger partial charge on any atom is -0.478 e. The van der Waals surface area contributed by atoms with E-state index in [2.05, 4.69) is 4.84 Å². The van der Waals surface area contributed by atoms with Gasteiger partial charge >= 0.3 is 5.97 Å². The van der Waals surface area contributed by atoms with Gasteiger partial charge in [0.2, 0.25) is 0 Å². The van der Waals surface area contributed by atoms with Gasteiger partial charge in [-0.25, -0.2) is 4.79 Å². The van der Waals surface area contributed by atoms with Crippen LogP contribution in [0.2, 0.25) is 0 Å². The predicted octanol–water partition coefficient (Wildman–Crippen LogP) is 1.19. The molecule has 0 bridgehead atoms. The van der Waals surface area contributed by atoms with Crippen LogP contribution in [0.3, 0.4) is 0 Å². The molecule has 0 radical (unpaired) electrons. The predicted molar refractivity (Wildman–Crippen MR) is 58.9 cm³/mol. The highest BCUT2D eigenvalue weighted by molar-refractivity contribution is 5.90. The molecule has 0 heterocycles. The average molecular weight is 228 g/mol. The lowest BCUT2D eigenvalue weighted by atomic mass is 10.1. The third kappa shape index (κ3) is 3.62. The van der Waals surface area contributed by atoms with E-state index >= 15 is 0 Å². The van der Waals surface area contributed by atoms with Gasteiger partial charge in [-0.15, -0.1) is 0 Å². The van der Waals surface area contributed by atoms with Crippen LogP contribution in [0.15, 0.2) is 18.2 Å². The Hall–Kier alpha value is -1.43. The smallest absolute Gasteiger partial charge is 0.336 e. The molecule has 1 unspecified atom stereocenters. The summed E-state index contributed by atoms with van der Waals surface area (Å²) in [4.78, 5) is 15.3. The molecule has 1 atom stereocenters. The summed E-state index contributed by atoms with van der Waals surface area (Å²) in [5.41, 5.74) is 1.16. The Morgan fingerprint density at radius 3 is 2.38 bits per heavy atom. The second kappa shape index (κ2) is 6.95. The van der Waals surface area contributed by atoms with E-state index in [1.54, 1.807) is 19.1 Å². The van der Waals surface area contributed by atoms with Crippen molar-refractivity contribution in [3.63, 3.8) is 0 Å². The Labute approximate surface area is 94.8 Å². The molecule has 1 rings (SSSR count). The first-order valence-electron chi connectivity index (χ1n) is 5.00. The first kappa shape index (κ1) is 14.6. The van der Waals surface area contributed by atoms with Gasteiger partial charge in [0, 0.05) is 12.1 Å². The number of aryl methyl sites for hydroxylation is 1. The monoisotopic (exact) mass is 228 g/mol. The molecule has 90 valence electrons. The number of hydrogen-bond acceptors (Lipinski definition) is 3. The fraction of sp³-hybridized carbons (Fsp3) is 0.364. The van der Waals surface area contributed by atoms with E-state index in [9.17, 15) is 10.0 Å². The summed E-state index contributed by atoms with van der Waals surface area (Å²) < 4.78 is 0. The normalized spacial score (nSPS) is 11.3. The zero-order valence-electron chi connectivity index (χ0n) is 9.94. The van der Waals surface area contributed by atoms with Gasteiger partial charge in [0.15, 0.2) is 5.69 Å². The molecule has 1 aromatic carbocycles. The number of benzene rings is 1. The van der Waals surface area contributed by atoms with Crippen LogP contribution >= 0.6 is 0 Å². The molecular weight excluding hydrogens is 210 g/mol. The number of carbonyl (C=O) groups is 1. The maximum absolute atomic E-state index is 10.8. The molecule has 0 spiro atoms. The molecule has 5 heteroatoms. The summed E-state index contributed by atoms with van der Waals surface area (Å²) in [6, 6.07) is 4.59. The van der Waals surface area contributed by atoms with Gasteiger partial charge in [0.25, 0.3) is 0 Å². The van der Waals surface area contributed by atoms with E-state index in [-0.39, 0.29) is 10.8 Å². The van der Waals surface area contributed by atoms with Gasteiger partial charge in [-0.1, -0.05) is 19.9 Å². The van der Waals surface area contributed by atoms with E-state index < -0.39 is 5.97 Å².